The first kappa shape index (κ1) is 14.5. The van der Waals surface area contributed by atoms with Crippen molar-refractivity contribution in [3.05, 3.63) is 0 Å². The van der Waals surface area contributed by atoms with E-state index in [9.17, 15) is 4.57 Å². The molecular formula is C6H14Cl2N2O3P+. The number of hydrogen-bond donors (Lipinski definition) is 2. The smallest absolute Gasteiger partial charge is 0.302 e. The lowest BCUT2D eigenvalue weighted by atomic mass is 10.4. The molecule has 0 radical (unpaired) electrons. The standard InChI is InChI=1S/C6H14Cl2N2O3P/c7-3-1-5(9)12-14(11)13-6(10)2-4-8/h5-6H,1-4,9-10H2/q+1. The highest BCUT2D eigenvalue weighted by atomic mass is 35.5. The molecule has 0 fully saturated rings. The minimum atomic E-state index is -2.30. The van der Waals surface area contributed by atoms with Crippen LogP contribution in [0.3, 0.4) is 0 Å². The monoisotopic (exact) mass is 263 g/mol. The first-order chi connectivity index (χ1) is 6.60. The number of nitrogens with two attached hydrogens (primary N) is 2. The summed E-state index contributed by atoms with van der Waals surface area (Å²) >= 11 is 10.8. The van der Waals surface area contributed by atoms with E-state index in [1.54, 1.807) is 0 Å². The molecule has 0 heterocycles. The first-order valence-corrected chi connectivity index (χ1v) is 6.20. The van der Waals surface area contributed by atoms with Gasteiger partial charge in [-0.2, -0.15) is 0 Å². The highest BCUT2D eigenvalue weighted by molar-refractivity contribution is 7.33. The van der Waals surface area contributed by atoms with Gasteiger partial charge in [0.25, 0.3) is 0 Å². The summed E-state index contributed by atoms with van der Waals surface area (Å²) in [6, 6.07) is 0. The second-order valence-corrected chi connectivity index (χ2v) is 4.09. The van der Waals surface area contributed by atoms with Crippen molar-refractivity contribution in [3.63, 3.8) is 0 Å². The van der Waals surface area contributed by atoms with Crippen molar-refractivity contribution in [2.24, 2.45) is 11.5 Å². The third kappa shape index (κ3) is 7.88. The van der Waals surface area contributed by atoms with Crippen LogP contribution in [0.4, 0.5) is 0 Å². The molecule has 0 saturated carbocycles. The Morgan fingerprint density at radius 3 is 1.71 bits per heavy atom. The molecule has 0 aromatic heterocycles. The van der Waals surface area contributed by atoms with Crippen molar-refractivity contribution in [3.8, 4) is 0 Å². The Labute approximate surface area is 94.0 Å². The second-order valence-electron chi connectivity index (χ2n) is 2.47. The summed E-state index contributed by atoms with van der Waals surface area (Å²) < 4.78 is 20.6. The van der Waals surface area contributed by atoms with Crippen LogP contribution in [0.1, 0.15) is 12.8 Å². The van der Waals surface area contributed by atoms with Gasteiger partial charge >= 0.3 is 8.25 Å². The molecule has 5 nitrogen and oxygen atoms in total. The molecule has 0 saturated heterocycles. The van der Waals surface area contributed by atoms with Crippen LogP contribution in [-0.2, 0) is 13.6 Å². The molecule has 0 bridgehead atoms. The van der Waals surface area contributed by atoms with Crippen LogP contribution in [0.2, 0.25) is 0 Å². The van der Waals surface area contributed by atoms with Gasteiger partial charge in [0.2, 0.25) is 0 Å². The molecule has 0 aromatic rings. The van der Waals surface area contributed by atoms with Crippen LogP contribution < -0.4 is 11.5 Å². The molecule has 4 N–H and O–H groups in total. The van der Waals surface area contributed by atoms with Gasteiger partial charge in [-0.3, -0.25) is 0 Å². The van der Waals surface area contributed by atoms with Crippen molar-refractivity contribution < 1.29 is 13.6 Å². The molecule has 0 spiro atoms. The minimum absolute atomic E-state index is 0.331. The zero-order valence-electron chi connectivity index (χ0n) is 7.57. The van der Waals surface area contributed by atoms with Crippen LogP contribution in [-0.4, -0.2) is 24.2 Å². The van der Waals surface area contributed by atoms with E-state index in [4.69, 9.17) is 43.7 Å². The molecule has 0 aliphatic carbocycles. The Kier molecular flexibility index (Phi) is 9.13. The van der Waals surface area contributed by atoms with Gasteiger partial charge in [0.05, 0.1) is 0 Å². The predicted octanol–water partition coefficient (Wildman–Crippen LogP) is 1.50. The largest absolute Gasteiger partial charge is 0.700 e. The van der Waals surface area contributed by atoms with E-state index in [0.29, 0.717) is 24.6 Å². The number of halogens is 2. The lowest BCUT2D eigenvalue weighted by Gasteiger charge is -2.03. The maximum Gasteiger partial charge on any atom is 0.700 e. The summed E-state index contributed by atoms with van der Waals surface area (Å²) in [6.45, 7) is 0. The summed E-state index contributed by atoms with van der Waals surface area (Å²) in [6.07, 6.45) is -0.591. The van der Waals surface area contributed by atoms with E-state index in [-0.39, 0.29) is 0 Å². The van der Waals surface area contributed by atoms with E-state index >= 15 is 0 Å². The SMILES string of the molecule is NC(CCCl)O[P+](=O)OC(N)CCCl. The molecule has 84 valence electrons. The van der Waals surface area contributed by atoms with Crippen LogP contribution >= 0.6 is 31.5 Å². The van der Waals surface area contributed by atoms with Gasteiger partial charge in [0.15, 0.2) is 12.5 Å². The quantitative estimate of drug-likeness (QED) is 0.394. The minimum Gasteiger partial charge on any atom is -0.302 e. The average molecular weight is 264 g/mol. The molecule has 8 heteroatoms. The molecule has 2 atom stereocenters. The fourth-order valence-corrected chi connectivity index (χ4v) is 1.70. The van der Waals surface area contributed by atoms with Crippen LogP contribution in [0.5, 0.6) is 0 Å². The molecule has 0 amide bonds. The van der Waals surface area contributed by atoms with Gasteiger partial charge in [-0.1, -0.05) is 0 Å². The third-order valence-electron chi connectivity index (χ3n) is 1.23. The summed E-state index contributed by atoms with van der Waals surface area (Å²) in [7, 11) is -2.30. The van der Waals surface area contributed by atoms with Gasteiger partial charge in [0, 0.05) is 29.2 Å². The zero-order chi connectivity index (χ0) is 11.0. The summed E-state index contributed by atoms with van der Waals surface area (Å²) in [5.41, 5.74) is 10.8. The Bertz CT molecular complexity index is 159. The first-order valence-electron chi connectivity index (χ1n) is 4.04. The Balaban J connectivity index is 3.63. The third-order valence-corrected chi connectivity index (χ3v) is 2.55. The van der Waals surface area contributed by atoms with E-state index in [1.165, 1.54) is 0 Å². The maximum absolute atomic E-state index is 11.1. The van der Waals surface area contributed by atoms with Crippen molar-refractivity contribution in [2.75, 3.05) is 11.8 Å². The predicted molar refractivity (Wildman–Crippen MR) is 56.4 cm³/mol. The van der Waals surface area contributed by atoms with Crippen molar-refractivity contribution in [2.45, 2.75) is 25.3 Å². The summed E-state index contributed by atoms with van der Waals surface area (Å²) in [4.78, 5) is 0. The molecule has 2 unspecified atom stereocenters. The second kappa shape index (κ2) is 8.80. The van der Waals surface area contributed by atoms with Crippen LogP contribution in [0.25, 0.3) is 0 Å². The van der Waals surface area contributed by atoms with E-state index in [0.717, 1.165) is 0 Å². The Morgan fingerprint density at radius 1 is 1.07 bits per heavy atom. The van der Waals surface area contributed by atoms with Gasteiger partial charge < -0.3 is 11.5 Å². The average Bonchev–Trinajstić information content (AvgIpc) is 2.03. The fourth-order valence-electron chi connectivity index (χ4n) is 0.566. The van der Waals surface area contributed by atoms with Crippen molar-refractivity contribution in [1.82, 2.24) is 0 Å². The topological polar surface area (TPSA) is 87.6 Å². The zero-order valence-corrected chi connectivity index (χ0v) is 9.97. The van der Waals surface area contributed by atoms with Crippen LogP contribution in [0.15, 0.2) is 0 Å². The van der Waals surface area contributed by atoms with Gasteiger partial charge in [-0.15, -0.1) is 32.2 Å². The number of alkyl halides is 2. The van der Waals surface area contributed by atoms with Crippen molar-refractivity contribution >= 4 is 31.5 Å². The Hall–Kier alpha value is 0.520. The fraction of sp³-hybridized carbons (Fsp3) is 1.00. The lowest BCUT2D eigenvalue weighted by molar-refractivity contribution is 0.131. The van der Waals surface area contributed by atoms with Gasteiger partial charge in [-0.25, -0.2) is 0 Å². The molecule has 14 heavy (non-hydrogen) atoms. The molecule has 0 rings (SSSR count). The lowest BCUT2D eigenvalue weighted by Crippen LogP contribution is -2.25. The van der Waals surface area contributed by atoms with Crippen molar-refractivity contribution in [1.29, 1.82) is 0 Å². The molecule has 0 aromatic carbocycles. The normalized spacial score (nSPS) is 16.4. The van der Waals surface area contributed by atoms with E-state index < -0.39 is 20.7 Å². The van der Waals surface area contributed by atoms with Crippen LogP contribution in [0, 0.1) is 0 Å². The highest BCUT2D eigenvalue weighted by Crippen LogP contribution is 2.27. The molecule has 0 aliphatic rings. The molecular weight excluding hydrogens is 250 g/mol. The summed E-state index contributed by atoms with van der Waals surface area (Å²) in [5.74, 6) is 0.663. The highest BCUT2D eigenvalue weighted by Gasteiger charge is 2.28. The number of rotatable bonds is 8. The van der Waals surface area contributed by atoms with Gasteiger partial charge in [0.1, 0.15) is 0 Å². The van der Waals surface area contributed by atoms with E-state index in [1.807, 2.05) is 0 Å². The maximum atomic E-state index is 11.1. The Morgan fingerprint density at radius 2 is 1.43 bits per heavy atom. The molecule has 0 aliphatic heterocycles. The van der Waals surface area contributed by atoms with Gasteiger partial charge in [-0.05, 0) is 0 Å². The number of hydrogen-bond acceptors (Lipinski definition) is 5. The summed E-state index contributed by atoms with van der Waals surface area (Å²) in [5, 5.41) is 0. The van der Waals surface area contributed by atoms with E-state index in [2.05, 4.69) is 0 Å².